The Morgan fingerprint density at radius 3 is 2.65 bits per heavy atom. The van der Waals surface area contributed by atoms with Crippen LogP contribution >= 0.6 is 0 Å². The van der Waals surface area contributed by atoms with Crippen molar-refractivity contribution in [3.05, 3.63) is 71.5 Å². The molecule has 0 aliphatic rings. The number of carbonyl (C=O) groups is 1. The fraction of sp³-hybridized carbons (Fsp3) is 0.143. The zero-order valence-corrected chi connectivity index (χ0v) is 16.5. The molecule has 2 heterocycles. The van der Waals surface area contributed by atoms with E-state index in [0.29, 0.717) is 5.56 Å². The molecule has 0 aliphatic carbocycles. The van der Waals surface area contributed by atoms with Gasteiger partial charge in [-0.05, 0) is 13.0 Å². The van der Waals surface area contributed by atoms with Crippen LogP contribution in [0.25, 0.3) is 5.76 Å². The van der Waals surface area contributed by atoms with E-state index in [4.69, 9.17) is 9.15 Å². The zero-order chi connectivity index (χ0) is 22.1. The molecule has 0 radical (unpaired) electrons. The lowest BCUT2D eigenvalue weighted by molar-refractivity contribution is -0.137. The SMILES string of the molecule is CCOC(=O)/C(C=NCc1nc(/C=N/c2ncccn2)c(O)o1)=C(/O)c1ccccc1. The summed E-state index contributed by atoms with van der Waals surface area (Å²) in [5, 5.41) is 20.4. The molecule has 0 saturated heterocycles. The highest BCUT2D eigenvalue weighted by atomic mass is 16.5. The number of esters is 1. The Morgan fingerprint density at radius 2 is 1.94 bits per heavy atom. The Labute approximate surface area is 177 Å². The van der Waals surface area contributed by atoms with Gasteiger partial charge < -0.3 is 19.4 Å². The van der Waals surface area contributed by atoms with Gasteiger partial charge >= 0.3 is 11.9 Å². The lowest BCUT2D eigenvalue weighted by Crippen LogP contribution is -2.11. The van der Waals surface area contributed by atoms with E-state index in [1.807, 2.05) is 0 Å². The number of carbonyl (C=O) groups excluding carboxylic acids is 1. The van der Waals surface area contributed by atoms with Crippen molar-refractivity contribution >= 4 is 30.1 Å². The molecule has 3 rings (SSSR count). The second kappa shape index (κ2) is 10.4. The van der Waals surface area contributed by atoms with Gasteiger partial charge in [0.05, 0.1) is 12.8 Å². The number of ether oxygens (including phenoxy) is 1. The van der Waals surface area contributed by atoms with Crippen LogP contribution in [-0.2, 0) is 16.1 Å². The minimum absolute atomic E-state index is 0.0749. The summed E-state index contributed by atoms with van der Waals surface area (Å²) < 4.78 is 10.1. The Morgan fingerprint density at radius 1 is 1.19 bits per heavy atom. The number of nitrogens with zero attached hydrogens (tertiary/aromatic N) is 5. The molecule has 10 heteroatoms. The third kappa shape index (κ3) is 5.82. The second-order valence-electron chi connectivity index (χ2n) is 5.92. The summed E-state index contributed by atoms with van der Waals surface area (Å²) in [6, 6.07) is 10.2. The Balaban J connectivity index is 1.77. The Bertz CT molecular complexity index is 1110. The fourth-order valence-corrected chi connectivity index (χ4v) is 2.38. The molecule has 3 aromatic rings. The highest BCUT2D eigenvalue weighted by molar-refractivity contribution is 6.15. The van der Waals surface area contributed by atoms with Crippen LogP contribution in [0.1, 0.15) is 24.1 Å². The van der Waals surface area contributed by atoms with Gasteiger partial charge in [0.25, 0.3) is 0 Å². The maximum absolute atomic E-state index is 12.2. The van der Waals surface area contributed by atoms with Gasteiger partial charge in [0.15, 0.2) is 5.69 Å². The summed E-state index contributed by atoms with van der Waals surface area (Å²) in [6.45, 7) is 1.69. The fourth-order valence-electron chi connectivity index (χ4n) is 2.38. The first-order chi connectivity index (χ1) is 15.1. The number of aliphatic imine (C=N–C) groups is 2. The molecule has 0 aliphatic heterocycles. The first kappa shape index (κ1) is 21.4. The Hall–Kier alpha value is -4.34. The van der Waals surface area contributed by atoms with E-state index in [0.717, 1.165) is 0 Å². The van der Waals surface area contributed by atoms with Crippen LogP contribution in [0.4, 0.5) is 5.95 Å². The number of hydrogen-bond donors (Lipinski definition) is 2. The van der Waals surface area contributed by atoms with Crippen molar-refractivity contribution in [2.24, 2.45) is 9.98 Å². The molecule has 0 bridgehead atoms. The number of oxazole rings is 1. The number of aromatic nitrogens is 3. The van der Waals surface area contributed by atoms with E-state index in [-0.39, 0.29) is 42.0 Å². The van der Waals surface area contributed by atoms with Gasteiger partial charge in [-0.2, -0.15) is 0 Å². The van der Waals surface area contributed by atoms with Crippen LogP contribution in [0.2, 0.25) is 0 Å². The smallest absolute Gasteiger partial charge is 0.343 e. The summed E-state index contributed by atoms with van der Waals surface area (Å²) in [5.41, 5.74) is 0.394. The van der Waals surface area contributed by atoms with E-state index < -0.39 is 11.9 Å². The van der Waals surface area contributed by atoms with E-state index in [1.54, 1.807) is 43.3 Å². The van der Waals surface area contributed by atoms with Crippen molar-refractivity contribution in [2.75, 3.05) is 6.61 Å². The third-order valence-electron chi connectivity index (χ3n) is 3.78. The molecule has 0 fully saturated rings. The monoisotopic (exact) mass is 421 g/mol. The van der Waals surface area contributed by atoms with Crippen LogP contribution in [0.15, 0.2) is 68.8 Å². The molecule has 10 nitrogen and oxygen atoms in total. The van der Waals surface area contributed by atoms with Crippen molar-refractivity contribution in [3.8, 4) is 5.95 Å². The van der Waals surface area contributed by atoms with Crippen LogP contribution in [0.5, 0.6) is 5.95 Å². The number of hydrogen-bond acceptors (Lipinski definition) is 10. The topological polar surface area (TPSA) is 143 Å². The van der Waals surface area contributed by atoms with Crippen LogP contribution < -0.4 is 0 Å². The second-order valence-corrected chi connectivity index (χ2v) is 5.92. The van der Waals surface area contributed by atoms with Gasteiger partial charge in [-0.25, -0.2) is 24.7 Å². The highest BCUT2D eigenvalue weighted by Gasteiger charge is 2.16. The van der Waals surface area contributed by atoms with Crippen molar-refractivity contribution < 1.29 is 24.2 Å². The van der Waals surface area contributed by atoms with Gasteiger partial charge in [-0.1, -0.05) is 30.3 Å². The number of aliphatic hydroxyl groups excluding tert-OH is 1. The molecule has 2 N–H and O–H groups in total. The van der Waals surface area contributed by atoms with Crippen molar-refractivity contribution in [2.45, 2.75) is 13.5 Å². The van der Waals surface area contributed by atoms with E-state index in [2.05, 4.69) is 24.9 Å². The van der Waals surface area contributed by atoms with Crippen molar-refractivity contribution in [3.63, 3.8) is 0 Å². The largest absolute Gasteiger partial charge is 0.506 e. The van der Waals surface area contributed by atoms with Gasteiger partial charge in [-0.15, -0.1) is 0 Å². The molecule has 0 unspecified atom stereocenters. The Kier molecular flexibility index (Phi) is 7.20. The molecular weight excluding hydrogens is 402 g/mol. The van der Waals surface area contributed by atoms with Crippen molar-refractivity contribution in [1.82, 2.24) is 15.0 Å². The van der Waals surface area contributed by atoms with Crippen LogP contribution in [0, 0.1) is 0 Å². The van der Waals surface area contributed by atoms with E-state index >= 15 is 0 Å². The first-order valence-electron chi connectivity index (χ1n) is 9.23. The number of aromatic hydroxyl groups is 1. The summed E-state index contributed by atoms with van der Waals surface area (Å²) >= 11 is 0. The van der Waals surface area contributed by atoms with Gasteiger partial charge in [-0.3, -0.25) is 4.99 Å². The van der Waals surface area contributed by atoms with Crippen LogP contribution in [0.3, 0.4) is 0 Å². The molecule has 2 aromatic heterocycles. The lowest BCUT2D eigenvalue weighted by atomic mass is 10.1. The van der Waals surface area contributed by atoms with Crippen molar-refractivity contribution in [1.29, 1.82) is 0 Å². The average Bonchev–Trinajstić information content (AvgIpc) is 3.15. The number of aliphatic hydroxyl groups is 1. The molecular formula is C21H19N5O5. The number of rotatable bonds is 8. The summed E-state index contributed by atoms with van der Waals surface area (Å²) in [6.07, 6.45) is 5.49. The normalized spacial score (nSPS) is 12.3. The molecule has 0 saturated carbocycles. The molecule has 0 atom stereocenters. The minimum Gasteiger partial charge on any atom is -0.506 e. The van der Waals surface area contributed by atoms with E-state index in [1.165, 1.54) is 24.8 Å². The lowest BCUT2D eigenvalue weighted by Gasteiger charge is -2.06. The van der Waals surface area contributed by atoms with Gasteiger partial charge in [0, 0.05) is 24.2 Å². The molecule has 1 aromatic carbocycles. The van der Waals surface area contributed by atoms with Gasteiger partial charge in [0.1, 0.15) is 17.9 Å². The summed E-state index contributed by atoms with van der Waals surface area (Å²) in [7, 11) is 0. The minimum atomic E-state index is -0.724. The summed E-state index contributed by atoms with van der Waals surface area (Å²) in [5.74, 6) is -1.16. The number of benzene rings is 1. The quantitative estimate of drug-likeness (QED) is 0.244. The third-order valence-corrected chi connectivity index (χ3v) is 3.78. The van der Waals surface area contributed by atoms with E-state index in [9.17, 15) is 15.0 Å². The average molecular weight is 421 g/mol. The summed E-state index contributed by atoms with van der Waals surface area (Å²) in [4.78, 5) is 32.2. The first-order valence-corrected chi connectivity index (χ1v) is 9.23. The molecule has 31 heavy (non-hydrogen) atoms. The maximum Gasteiger partial charge on any atom is 0.343 e. The standard InChI is InChI=1S/C21H19N5O5/c1-2-30-19(28)15(18(27)14-7-4-3-5-8-14)11-22-13-17-26-16(20(29)31-17)12-25-21-23-9-6-10-24-21/h3-12,27,29H,2,13H2,1H3/b18-15+,22-11?,25-12+. The highest BCUT2D eigenvalue weighted by Crippen LogP contribution is 2.19. The predicted octanol–water partition coefficient (Wildman–Crippen LogP) is 3.02. The maximum atomic E-state index is 12.2. The predicted molar refractivity (Wildman–Crippen MR) is 112 cm³/mol. The molecule has 158 valence electrons. The van der Waals surface area contributed by atoms with Crippen LogP contribution in [-0.4, -0.2) is 50.2 Å². The van der Waals surface area contributed by atoms with Gasteiger partial charge in [0.2, 0.25) is 11.8 Å². The molecule has 0 spiro atoms. The zero-order valence-electron chi connectivity index (χ0n) is 16.5. The molecule has 0 amide bonds.